The van der Waals surface area contributed by atoms with Crippen LogP contribution in [0.4, 0.5) is 10.9 Å². The van der Waals surface area contributed by atoms with E-state index < -0.39 is 6.10 Å². The molecule has 1 saturated carbocycles. The van der Waals surface area contributed by atoms with Crippen LogP contribution in [-0.4, -0.2) is 21.3 Å². The summed E-state index contributed by atoms with van der Waals surface area (Å²) in [5.41, 5.74) is 7.63. The Morgan fingerprint density at radius 3 is 2.76 bits per heavy atom. The maximum absolute atomic E-state index is 10.6. The summed E-state index contributed by atoms with van der Waals surface area (Å²) in [4.78, 5) is 4.93. The second-order valence-electron chi connectivity index (χ2n) is 6.28. The quantitative estimate of drug-likeness (QED) is 0.643. The third-order valence-corrected chi connectivity index (χ3v) is 5.53. The fourth-order valence-corrected chi connectivity index (χ4v) is 4.09. The van der Waals surface area contributed by atoms with Crippen LogP contribution in [0.5, 0.6) is 0 Å². The first-order chi connectivity index (χ1) is 12.2. The SMILES string of the molecule is Nc1nc(NC2CCCC2)sc1C(O)c1cc(-c2ccccc2)no1. The Kier molecular flexibility index (Phi) is 4.42. The lowest BCUT2D eigenvalue weighted by Crippen LogP contribution is -2.14. The summed E-state index contributed by atoms with van der Waals surface area (Å²) in [6.45, 7) is 0. The van der Waals surface area contributed by atoms with Gasteiger partial charge in [-0.1, -0.05) is 59.7 Å². The lowest BCUT2D eigenvalue weighted by Gasteiger charge is -2.09. The van der Waals surface area contributed by atoms with Crippen molar-refractivity contribution in [3.8, 4) is 11.3 Å². The maximum Gasteiger partial charge on any atom is 0.185 e. The van der Waals surface area contributed by atoms with Crippen molar-refractivity contribution in [1.29, 1.82) is 0 Å². The smallest absolute Gasteiger partial charge is 0.185 e. The van der Waals surface area contributed by atoms with Crippen molar-refractivity contribution in [2.75, 3.05) is 11.1 Å². The predicted molar refractivity (Wildman–Crippen MR) is 98.4 cm³/mol. The van der Waals surface area contributed by atoms with E-state index in [2.05, 4.69) is 15.5 Å². The Morgan fingerprint density at radius 1 is 1.24 bits per heavy atom. The van der Waals surface area contributed by atoms with Crippen molar-refractivity contribution in [2.45, 2.75) is 37.8 Å². The Bertz CT molecular complexity index is 840. The minimum Gasteiger partial charge on any atom is -0.383 e. The third kappa shape index (κ3) is 3.38. The molecule has 4 N–H and O–H groups in total. The van der Waals surface area contributed by atoms with Crippen molar-refractivity contribution >= 4 is 22.3 Å². The molecule has 2 aromatic heterocycles. The van der Waals surface area contributed by atoms with E-state index >= 15 is 0 Å². The van der Waals surface area contributed by atoms with Gasteiger partial charge < -0.3 is 20.7 Å². The van der Waals surface area contributed by atoms with E-state index in [0.717, 1.165) is 23.5 Å². The van der Waals surface area contributed by atoms with Crippen LogP contribution >= 0.6 is 11.3 Å². The Morgan fingerprint density at radius 2 is 2.00 bits per heavy atom. The van der Waals surface area contributed by atoms with Crippen molar-refractivity contribution < 1.29 is 9.63 Å². The normalized spacial score (nSPS) is 16.2. The van der Waals surface area contributed by atoms with Crippen molar-refractivity contribution in [3.63, 3.8) is 0 Å². The summed E-state index contributed by atoms with van der Waals surface area (Å²) in [5, 5.41) is 18.8. The highest BCUT2D eigenvalue weighted by atomic mass is 32.1. The molecule has 1 aliphatic rings. The van der Waals surface area contributed by atoms with Gasteiger partial charge in [0.1, 0.15) is 11.5 Å². The number of aromatic nitrogens is 2. The van der Waals surface area contributed by atoms with Crippen LogP contribution in [0, 0.1) is 0 Å². The lowest BCUT2D eigenvalue weighted by atomic mass is 10.1. The number of rotatable bonds is 5. The molecule has 1 aliphatic carbocycles. The number of aliphatic hydroxyl groups is 1. The van der Waals surface area contributed by atoms with E-state index in [9.17, 15) is 5.11 Å². The van der Waals surface area contributed by atoms with Crippen LogP contribution in [-0.2, 0) is 0 Å². The Labute approximate surface area is 149 Å². The molecule has 0 amide bonds. The standard InChI is InChI=1S/C18H20N4O2S/c19-17-16(25-18(21-17)20-12-8-4-5-9-12)15(23)14-10-13(22-24-14)11-6-2-1-3-7-11/h1-3,6-7,10,12,15,23H,4-5,8-9,19H2,(H,20,21). The fraction of sp³-hybridized carbons (Fsp3) is 0.333. The highest BCUT2D eigenvalue weighted by molar-refractivity contribution is 7.16. The highest BCUT2D eigenvalue weighted by Crippen LogP contribution is 2.36. The van der Waals surface area contributed by atoms with Crippen LogP contribution < -0.4 is 11.1 Å². The molecule has 2 heterocycles. The van der Waals surface area contributed by atoms with Crippen molar-refractivity contribution in [2.24, 2.45) is 0 Å². The molecule has 0 saturated heterocycles. The fourth-order valence-electron chi connectivity index (χ4n) is 3.14. The number of aliphatic hydroxyl groups excluding tert-OH is 1. The third-order valence-electron chi connectivity index (χ3n) is 4.48. The van der Waals surface area contributed by atoms with Crippen LogP contribution in [0.15, 0.2) is 40.9 Å². The number of hydrogen-bond donors (Lipinski definition) is 3. The van der Waals surface area contributed by atoms with Gasteiger partial charge in [-0.25, -0.2) is 4.98 Å². The number of thiazole rings is 1. The van der Waals surface area contributed by atoms with Gasteiger partial charge in [0.2, 0.25) is 0 Å². The largest absolute Gasteiger partial charge is 0.383 e. The van der Waals surface area contributed by atoms with Gasteiger partial charge in [0.25, 0.3) is 0 Å². The Balaban J connectivity index is 1.53. The molecule has 0 aliphatic heterocycles. The molecule has 6 nitrogen and oxygen atoms in total. The molecule has 1 fully saturated rings. The first-order valence-corrected chi connectivity index (χ1v) is 9.25. The molecule has 1 unspecified atom stereocenters. The molecular formula is C18H20N4O2S. The summed E-state index contributed by atoms with van der Waals surface area (Å²) in [5.74, 6) is 0.692. The molecule has 130 valence electrons. The maximum atomic E-state index is 10.6. The van der Waals surface area contributed by atoms with E-state index in [1.807, 2.05) is 30.3 Å². The molecule has 1 aromatic carbocycles. The highest BCUT2D eigenvalue weighted by Gasteiger charge is 2.24. The zero-order valence-corrected chi connectivity index (χ0v) is 14.5. The molecule has 7 heteroatoms. The van der Waals surface area contributed by atoms with Gasteiger partial charge in [0.15, 0.2) is 17.0 Å². The number of nitrogen functional groups attached to an aromatic ring is 1. The van der Waals surface area contributed by atoms with E-state index in [1.165, 1.54) is 24.2 Å². The monoisotopic (exact) mass is 356 g/mol. The number of nitrogens with two attached hydrogens (primary N) is 1. The van der Waals surface area contributed by atoms with Gasteiger partial charge in [0.05, 0.1) is 4.88 Å². The van der Waals surface area contributed by atoms with E-state index in [-0.39, 0.29) is 0 Å². The minimum absolute atomic E-state index is 0.329. The van der Waals surface area contributed by atoms with E-state index in [1.54, 1.807) is 6.07 Å². The van der Waals surface area contributed by atoms with Gasteiger partial charge in [-0.3, -0.25) is 0 Å². The molecule has 0 radical (unpaired) electrons. The summed E-state index contributed by atoms with van der Waals surface area (Å²) in [6.07, 6.45) is 3.82. The summed E-state index contributed by atoms with van der Waals surface area (Å²) in [6, 6.07) is 11.9. The predicted octanol–water partition coefficient (Wildman–Crippen LogP) is 3.82. The Hall–Kier alpha value is -2.38. The van der Waals surface area contributed by atoms with Crippen LogP contribution in [0.25, 0.3) is 11.3 Å². The first-order valence-electron chi connectivity index (χ1n) is 8.43. The topological polar surface area (TPSA) is 97.2 Å². The van der Waals surface area contributed by atoms with Gasteiger partial charge in [-0.2, -0.15) is 0 Å². The molecule has 0 bridgehead atoms. The van der Waals surface area contributed by atoms with Crippen LogP contribution in [0.3, 0.4) is 0 Å². The second kappa shape index (κ2) is 6.85. The van der Waals surface area contributed by atoms with E-state index in [4.69, 9.17) is 10.3 Å². The van der Waals surface area contributed by atoms with Gasteiger partial charge in [0, 0.05) is 17.7 Å². The zero-order chi connectivity index (χ0) is 17.2. The summed E-state index contributed by atoms with van der Waals surface area (Å²) in [7, 11) is 0. The molecule has 1 atom stereocenters. The number of nitrogens with zero attached hydrogens (tertiary/aromatic N) is 2. The molecule has 25 heavy (non-hydrogen) atoms. The zero-order valence-electron chi connectivity index (χ0n) is 13.7. The van der Waals surface area contributed by atoms with Crippen LogP contribution in [0.1, 0.15) is 42.4 Å². The number of hydrogen-bond acceptors (Lipinski definition) is 7. The number of benzene rings is 1. The van der Waals surface area contributed by atoms with Gasteiger partial charge >= 0.3 is 0 Å². The van der Waals surface area contributed by atoms with E-state index in [0.29, 0.717) is 28.2 Å². The first kappa shape index (κ1) is 16.1. The number of anilines is 2. The summed E-state index contributed by atoms with van der Waals surface area (Å²) >= 11 is 1.37. The molecule has 0 spiro atoms. The average molecular weight is 356 g/mol. The molecule has 4 rings (SSSR count). The second-order valence-corrected chi connectivity index (χ2v) is 7.31. The minimum atomic E-state index is -0.971. The molecular weight excluding hydrogens is 336 g/mol. The van der Waals surface area contributed by atoms with Crippen molar-refractivity contribution in [1.82, 2.24) is 10.1 Å². The van der Waals surface area contributed by atoms with Crippen LogP contribution in [0.2, 0.25) is 0 Å². The average Bonchev–Trinajstić information content (AvgIpc) is 3.36. The number of nitrogens with one attached hydrogen (secondary N) is 1. The van der Waals surface area contributed by atoms with Crippen molar-refractivity contribution in [3.05, 3.63) is 47.0 Å². The summed E-state index contributed by atoms with van der Waals surface area (Å²) < 4.78 is 5.34. The lowest BCUT2D eigenvalue weighted by molar-refractivity contribution is 0.180. The molecule has 3 aromatic rings. The van der Waals surface area contributed by atoms with Gasteiger partial charge in [-0.05, 0) is 12.8 Å². The van der Waals surface area contributed by atoms with Gasteiger partial charge in [-0.15, -0.1) is 0 Å².